The molecule has 0 radical (unpaired) electrons. The quantitative estimate of drug-likeness (QED) is 0.694. The van der Waals surface area contributed by atoms with Gasteiger partial charge < -0.3 is 14.7 Å². The number of nitrogens with zero attached hydrogens (tertiary/aromatic N) is 1. The number of aliphatic hydroxyl groups is 1. The lowest BCUT2D eigenvalue weighted by molar-refractivity contribution is -0.141. The number of hydrogen-bond acceptors (Lipinski definition) is 5. The van der Waals surface area contributed by atoms with Gasteiger partial charge in [-0.15, -0.1) is 0 Å². The van der Waals surface area contributed by atoms with Crippen LogP contribution in [0.5, 0.6) is 0 Å². The summed E-state index contributed by atoms with van der Waals surface area (Å²) in [5.41, 5.74) is 1.37. The third-order valence-corrected chi connectivity index (χ3v) is 6.78. The van der Waals surface area contributed by atoms with E-state index < -0.39 is 28.7 Å². The molecule has 7 nitrogen and oxygen atoms in total. The predicted octanol–water partition coefficient (Wildman–Crippen LogP) is 1.63. The Morgan fingerprint density at radius 2 is 1.86 bits per heavy atom. The van der Waals surface area contributed by atoms with E-state index in [1.54, 1.807) is 4.90 Å². The van der Waals surface area contributed by atoms with E-state index in [-0.39, 0.29) is 18.6 Å². The van der Waals surface area contributed by atoms with Gasteiger partial charge in [-0.1, -0.05) is 30.3 Å². The van der Waals surface area contributed by atoms with Gasteiger partial charge >= 0.3 is 0 Å². The first-order chi connectivity index (χ1) is 13.9. The summed E-state index contributed by atoms with van der Waals surface area (Å²) in [6, 6.07) is 9.73. The van der Waals surface area contributed by atoms with Crippen LogP contribution in [0, 0.1) is 0 Å². The average molecular weight is 425 g/mol. The number of benzene rings is 1. The Kier molecular flexibility index (Phi) is 7.67. The van der Waals surface area contributed by atoms with E-state index >= 15 is 0 Å². The van der Waals surface area contributed by atoms with Crippen molar-refractivity contribution in [3.63, 3.8) is 0 Å². The number of carbonyl (C=O) groups is 1. The number of ether oxygens (including phenoxy) is 1. The van der Waals surface area contributed by atoms with Gasteiger partial charge in [0.05, 0.1) is 25.0 Å². The highest BCUT2D eigenvalue weighted by molar-refractivity contribution is 7.88. The zero-order valence-electron chi connectivity index (χ0n) is 17.0. The van der Waals surface area contributed by atoms with Crippen LogP contribution < -0.4 is 4.72 Å². The Labute approximate surface area is 173 Å². The molecular formula is C21H32N2O5S. The summed E-state index contributed by atoms with van der Waals surface area (Å²) in [4.78, 5) is 13.8. The van der Waals surface area contributed by atoms with Crippen LogP contribution in [0.1, 0.15) is 50.0 Å². The molecule has 2 fully saturated rings. The average Bonchev–Trinajstić information content (AvgIpc) is 2.72. The molecule has 2 N–H and O–H groups in total. The van der Waals surface area contributed by atoms with Crippen molar-refractivity contribution in [1.82, 2.24) is 9.62 Å². The molecule has 1 aliphatic carbocycles. The van der Waals surface area contributed by atoms with Crippen LogP contribution in [0.4, 0.5) is 0 Å². The second-order valence-electron chi connectivity index (χ2n) is 8.17. The molecule has 1 saturated heterocycles. The molecule has 1 heterocycles. The fourth-order valence-electron chi connectivity index (χ4n) is 4.60. The van der Waals surface area contributed by atoms with Crippen LogP contribution in [0.15, 0.2) is 30.3 Å². The van der Waals surface area contributed by atoms with Gasteiger partial charge in [0.1, 0.15) is 6.61 Å². The van der Waals surface area contributed by atoms with E-state index in [1.165, 1.54) is 5.56 Å². The second kappa shape index (κ2) is 10.0. The minimum absolute atomic E-state index is 0.113. The van der Waals surface area contributed by atoms with Crippen molar-refractivity contribution in [3.05, 3.63) is 35.9 Å². The number of rotatable bonds is 7. The topological polar surface area (TPSA) is 95.9 Å². The molecule has 29 heavy (non-hydrogen) atoms. The van der Waals surface area contributed by atoms with Crippen molar-refractivity contribution in [2.75, 3.05) is 26.0 Å². The van der Waals surface area contributed by atoms with Crippen LogP contribution in [-0.2, 0) is 19.6 Å². The molecule has 0 aromatic heterocycles. The van der Waals surface area contributed by atoms with Gasteiger partial charge in [0, 0.05) is 12.6 Å². The molecular weight excluding hydrogens is 392 g/mol. The summed E-state index contributed by atoms with van der Waals surface area (Å²) in [5, 5.41) is 9.31. The standard InChI is InChI=1S/C21H32N2O5S/c1-29(26,27)22-19-8-5-13-23(21(25)14-24)20(19)15-28-18-11-9-17(10-12-18)16-6-3-2-4-7-16/h2-4,6-7,17-20,22,24H,5,8-15H2,1H3/t17?,18?,19-,20-/m0/s1. The van der Waals surface area contributed by atoms with Gasteiger partial charge in [0.2, 0.25) is 15.9 Å². The Morgan fingerprint density at radius 1 is 1.17 bits per heavy atom. The number of likely N-dealkylation sites (tertiary alicyclic amines) is 1. The van der Waals surface area contributed by atoms with Crippen molar-refractivity contribution < 1.29 is 23.1 Å². The SMILES string of the molecule is CS(=O)(=O)N[C@H]1CCCN(C(=O)CO)[C@H]1COC1CCC(c2ccccc2)CC1. The molecule has 2 atom stereocenters. The maximum Gasteiger partial charge on any atom is 0.248 e. The van der Waals surface area contributed by atoms with Crippen LogP contribution in [0.25, 0.3) is 0 Å². The van der Waals surface area contributed by atoms with E-state index in [0.29, 0.717) is 25.3 Å². The van der Waals surface area contributed by atoms with E-state index in [9.17, 15) is 18.3 Å². The number of amides is 1. The summed E-state index contributed by atoms with van der Waals surface area (Å²) in [7, 11) is -3.40. The van der Waals surface area contributed by atoms with E-state index in [4.69, 9.17) is 4.74 Å². The number of sulfonamides is 1. The summed E-state index contributed by atoms with van der Waals surface area (Å²) < 4.78 is 32.3. The molecule has 0 spiro atoms. The fourth-order valence-corrected chi connectivity index (χ4v) is 5.42. The molecule has 1 aliphatic heterocycles. The first-order valence-corrected chi connectivity index (χ1v) is 12.3. The Hall–Kier alpha value is -1.48. The minimum Gasteiger partial charge on any atom is -0.387 e. The first-order valence-electron chi connectivity index (χ1n) is 10.4. The maximum atomic E-state index is 12.2. The van der Waals surface area contributed by atoms with Crippen LogP contribution in [-0.4, -0.2) is 68.5 Å². The number of aliphatic hydroxyl groups excluding tert-OH is 1. The minimum atomic E-state index is -3.40. The molecule has 0 unspecified atom stereocenters. The van der Waals surface area contributed by atoms with Crippen molar-refractivity contribution in [2.45, 2.75) is 62.6 Å². The molecule has 162 valence electrons. The van der Waals surface area contributed by atoms with Crippen molar-refractivity contribution in [3.8, 4) is 0 Å². The van der Waals surface area contributed by atoms with Crippen LogP contribution >= 0.6 is 0 Å². The summed E-state index contributed by atoms with van der Waals surface area (Å²) in [5.74, 6) is 0.171. The first kappa shape index (κ1) is 22.2. The van der Waals surface area contributed by atoms with Crippen LogP contribution in [0.3, 0.4) is 0 Å². The zero-order valence-corrected chi connectivity index (χ0v) is 17.8. The van der Waals surface area contributed by atoms with Gasteiger partial charge in [0.15, 0.2) is 0 Å². The Morgan fingerprint density at radius 3 is 2.48 bits per heavy atom. The smallest absolute Gasteiger partial charge is 0.248 e. The summed E-state index contributed by atoms with van der Waals surface area (Å²) >= 11 is 0. The number of piperidine rings is 1. The third kappa shape index (κ3) is 6.25. The van der Waals surface area contributed by atoms with Crippen molar-refractivity contribution in [2.24, 2.45) is 0 Å². The Balaban J connectivity index is 1.58. The van der Waals surface area contributed by atoms with E-state index in [1.807, 2.05) is 6.07 Å². The largest absolute Gasteiger partial charge is 0.387 e. The normalized spacial score (nSPS) is 28.3. The predicted molar refractivity (Wildman–Crippen MR) is 111 cm³/mol. The molecule has 0 bridgehead atoms. The molecule has 8 heteroatoms. The summed E-state index contributed by atoms with van der Waals surface area (Å²) in [6.45, 7) is 0.208. The number of nitrogens with one attached hydrogen (secondary N) is 1. The Bertz CT molecular complexity index is 763. The molecule has 1 saturated carbocycles. The fraction of sp³-hybridized carbons (Fsp3) is 0.667. The van der Waals surface area contributed by atoms with Gasteiger partial charge in [-0.25, -0.2) is 13.1 Å². The number of carbonyl (C=O) groups excluding carboxylic acids is 1. The number of hydrogen-bond donors (Lipinski definition) is 2. The lowest BCUT2D eigenvalue weighted by Gasteiger charge is -2.42. The van der Waals surface area contributed by atoms with Gasteiger partial charge in [-0.2, -0.15) is 0 Å². The molecule has 1 aromatic carbocycles. The highest BCUT2D eigenvalue weighted by atomic mass is 32.2. The van der Waals surface area contributed by atoms with Crippen molar-refractivity contribution >= 4 is 15.9 Å². The van der Waals surface area contributed by atoms with Gasteiger partial charge in [-0.3, -0.25) is 4.79 Å². The summed E-state index contributed by atoms with van der Waals surface area (Å²) in [6.07, 6.45) is 6.60. The monoisotopic (exact) mass is 424 g/mol. The van der Waals surface area contributed by atoms with E-state index in [0.717, 1.165) is 31.9 Å². The molecule has 3 rings (SSSR count). The van der Waals surface area contributed by atoms with Gasteiger partial charge in [0.25, 0.3) is 0 Å². The lowest BCUT2D eigenvalue weighted by atomic mass is 9.83. The van der Waals surface area contributed by atoms with Crippen LogP contribution in [0.2, 0.25) is 0 Å². The molecule has 1 amide bonds. The van der Waals surface area contributed by atoms with Gasteiger partial charge in [-0.05, 0) is 50.0 Å². The van der Waals surface area contributed by atoms with Crippen molar-refractivity contribution in [1.29, 1.82) is 0 Å². The maximum absolute atomic E-state index is 12.2. The van der Waals surface area contributed by atoms with E-state index in [2.05, 4.69) is 29.0 Å². The highest BCUT2D eigenvalue weighted by Crippen LogP contribution is 2.34. The highest BCUT2D eigenvalue weighted by Gasteiger charge is 2.36. The molecule has 2 aliphatic rings. The zero-order chi connectivity index (χ0) is 20.9. The second-order valence-corrected chi connectivity index (χ2v) is 9.95. The molecule has 1 aromatic rings. The lowest BCUT2D eigenvalue weighted by Crippen LogP contribution is -2.59. The third-order valence-electron chi connectivity index (χ3n) is 6.05.